The van der Waals surface area contributed by atoms with Crippen molar-refractivity contribution in [1.29, 1.82) is 0 Å². The molecule has 0 amide bonds. The van der Waals surface area contributed by atoms with Crippen LogP contribution in [0.3, 0.4) is 0 Å². The summed E-state index contributed by atoms with van der Waals surface area (Å²) in [6, 6.07) is -0.111. The molecule has 0 radical (unpaired) electrons. The molecule has 4 nitrogen and oxygen atoms in total. The van der Waals surface area contributed by atoms with Gasteiger partial charge in [0.05, 0.1) is 12.4 Å². The van der Waals surface area contributed by atoms with Crippen LogP contribution in [0.25, 0.3) is 0 Å². The third kappa shape index (κ3) is 4.91. The molecule has 1 atom stereocenters. The van der Waals surface area contributed by atoms with Crippen molar-refractivity contribution in [3.05, 3.63) is 18.2 Å². The number of nitrogens with one attached hydrogen (secondary N) is 1. The van der Waals surface area contributed by atoms with Crippen LogP contribution in [0.1, 0.15) is 26.5 Å². The molecule has 96 valence electrons. The molecule has 0 bridgehead atoms. The number of H-pyrrole nitrogens is 1. The number of aromatic amines is 1. The SMILES string of the molecule is CN(C)[C@@H](Cc1cnc[nH]1)C(=O)SC(C)(C)C. The third-order valence-electron chi connectivity index (χ3n) is 2.27. The lowest BCUT2D eigenvalue weighted by molar-refractivity contribution is -0.115. The predicted octanol–water partition coefficient (Wildman–Crippen LogP) is 1.94. The van der Waals surface area contributed by atoms with Crippen molar-refractivity contribution in [2.75, 3.05) is 14.1 Å². The Kier molecular flexibility index (Phi) is 4.77. The summed E-state index contributed by atoms with van der Waals surface area (Å²) in [6.07, 6.45) is 4.09. The normalized spacial score (nSPS) is 14.0. The van der Waals surface area contributed by atoms with Crippen LogP contribution < -0.4 is 0 Å². The lowest BCUT2D eigenvalue weighted by Gasteiger charge is -2.25. The van der Waals surface area contributed by atoms with E-state index >= 15 is 0 Å². The summed E-state index contributed by atoms with van der Waals surface area (Å²) >= 11 is 1.40. The summed E-state index contributed by atoms with van der Waals surface area (Å²) in [4.78, 5) is 21.2. The molecule has 0 saturated carbocycles. The highest BCUT2D eigenvalue weighted by molar-refractivity contribution is 8.14. The zero-order valence-electron chi connectivity index (χ0n) is 11.2. The van der Waals surface area contributed by atoms with Crippen LogP contribution in [0.5, 0.6) is 0 Å². The Hall–Kier alpha value is -0.810. The molecule has 1 heterocycles. The molecule has 1 rings (SSSR count). The summed E-state index contributed by atoms with van der Waals surface area (Å²) in [7, 11) is 3.87. The van der Waals surface area contributed by atoms with Gasteiger partial charge in [-0.15, -0.1) is 0 Å². The number of rotatable bonds is 4. The first-order chi connectivity index (χ1) is 7.79. The Morgan fingerprint density at radius 2 is 2.18 bits per heavy atom. The maximum atomic E-state index is 12.2. The van der Waals surface area contributed by atoms with Crippen LogP contribution >= 0.6 is 11.8 Å². The zero-order chi connectivity index (χ0) is 13.1. The maximum absolute atomic E-state index is 12.2. The Labute approximate surface area is 107 Å². The third-order valence-corrected chi connectivity index (χ3v) is 3.36. The molecule has 0 aliphatic rings. The number of hydrogen-bond acceptors (Lipinski definition) is 4. The van der Waals surface area contributed by atoms with Gasteiger partial charge in [-0.1, -0.05) is 32.5 Å². The van der Waals surface area contributed by atoms with E-state index in [2.05, 4.69) is 30.7 Å². The molecule has 0 unspecified atom stereocenters. The molecule has 17 heavy (non-hydrogen) atoms. The summed E-state index contributed by atoms with van der Waals surface area (Å²) in [5.41, 5.74) is 0.992. The van der Waals surface area contributed by atoms with Gasteiger partial charge in [0, 0.05) is 23.1 Å². The zero-order valence-corrected chi connectivity index (χ0v) is 12.0. The fraction of sp³-hybridized carbons (Fsp3) is 0.667. The average Bonchev–Trinajstić information content (AvgIpc) is 2.62. The molecule has 0 aromatic carbocycles. The molecule has 5 heteroatoms. The highest BCUT2D eigenvalue weighted by Gasteiger charge is 2.26. The Morgan fingerprint density at radius 3 is 2.59 bits per heavy atom. The number of carbonyl (C=O) groups is 1. The number of imidazole rings is 1. The number of nitrogens with zero attached hydrogens (tertiary/aromatic N) is 2. The van der Waals surface area contributed by atoms with E-state index in [9.17, 15) is 4.79 Å². The quantitative estimate of drug-likeness (QED) is 0.893. The minimum absolute atomic E-state index is 0.0423. The van der Waals surface area contributed by atoms with Gasteiger partial charge in [-0.3, -0.25) is 9.69 Å². The molecule has 1 N–H and O–H groups in total. The highest BCUT2D eigenvalue weighted by Crippen LogP contribution is 2.26. The van der Waals surface area contributed by atoms with Crippen molar-refractivity contribution in [3.63, 3.8) is 0 Å². The molecule has 0 aliphatic heterocycles. The van der Waals surface area contributed by atoms with Gasteiger partial charge < -0.3 is 4.98 Å². The number of hydrogen-bond donors (Lipinski definition) is 1. The van der Waals surface area contributed by atoms with Gasteiger partial charge in [0.1, 0.15) is 0 Å². The Morgan fingerprint density at radius 1 is 1.53 bits per heavy atom. The number of likely N-dealkylation sites (N-methyl/N-ethyl adjacent to an activating group) is 1. The minimum Gasteiger partial charge on any atom is -0.348 e. The van der Waals surface area contributed by atoms with E-state index in [0.717, 1.165) is 5.69 Å². The molecular weight excluding hydrogens is 234 g/mol. The largest absolute Gasteiger partial charge is 0.348 e. The van der Waals surface area contributed by atoms with E-state index < -0.39 is 0 Å². The van der Waals surface area contributed by atoms with Crippen LogP contribution in [-0.2, 0) is 11.2 Å². The lowest BCUT2D eigenvalue weighted by atomic mass is 10.2. The second-order valence-corrected chi connectivity index (χ2v) is 7.13. The molecule has 1 aromatic heterocycles. The van der Waals surface area contributed by atoms with Crippen LogP contribution in [0, 0.1) is 0 Å². The van der Waals surface area contributed by atoms with Gasteiger partial charge in [0.2, 0.25) is 5.12 Å². The summed E-state index contributed by atoms with van der Waals surface area (Å²) in [5, 5.41) is 0.206. The average molecular weight is 255 g/mol. The second kappa shape index (κ2) is 5.69. The first-order valence-corrected chi connectivity index (χ1v) is 6.48. The van der Waals surface area contributed by atoms with Crippen LogP contribution in [0.2, 0.25) is 0 Å². The van der Waals surface area contributed by atoms with E-state index in [4.69, 9.17) is 0 Å². The first-order valence-electron chi connectivity index (χ1n) is 5.66. The van der Waals surface area contributed by atoms with Crippen LogP contribution in [0.4, 0.5) is 0 Å². The predicted molar refractivity (Wildman–Crippen MR) is 72.1 cm³/mol. The van der Waals surface area contributed by atoms with Crippen molar-refractivity contribution in [3.8, 4) is 0 Å². The monoisotopic (exact) mass is 255 g/mol. The molecule has 0 spiro atoms. The van der Waals surface area contributed by atoms with Crippen molar-refractivity contribution in [1.82, 2.24) is 14.9 Å². The summed E-state index contributed by atoms with van der Waals surface area (Å²) in [5.74, 6) is 0. The number of aromatic nitrogens is 2. The molecule has 0 saturated heterocycles. The van der Waals surface area contributed by atoms with Crippen molar-refractivity contribution in [2.45, 2.75) is 38.0 Å². The standard InChI is InChI=1S/C12H21N3OS/c1-12(2,3)17-11(16)10(15(4)5)6-9-7-13-8-14-9/h7-8,10H,6H2,1-5H3,(H,13,14)/t10-/m0/s1. The highest BCUT2D eigenvalue weighted by atomic mass is 32.2. The van der Waals surface area contributed by atoms with E-state index in [-0.39, 0.29) is 15.9 Å². The van der Waals surface area contributed by atoms with E-state index in [0.29, 0.717) is 6.42 Å². The minimum atomic E-state index is -0.111. The van der Waals surface area contributed by atoms with E-state index in [1.165, 1.54) is 11.8 Å². The topological polar surface area (TPSA) is 49.0 Å². The number of thioether (sulfide) groups is 1. The fourth-order valence-electron chi connectivity index (χ4n) is 1.45. The molecular formula is C12H21N3OS. The maximum Gasteiger partial charge on any atom is 0.206 e. The lowest BCUT2D eigenvalue weighted by Crippen LogP contribution is -2.37. The van der Waals surface area contributed by atoms with Gasteiger partial charge in [0.15, 0.2) is 0 Å². The number of carbonyl (C=O) groups excluding carboxylic acids is 1. The Bertz CT molecular complexity index is 354. The van der Waals surface area contributed by atoms with Crippen LogP contribution in [0.15, 0.2) is 12.5 Å². The van der Waals surface area contributed by atoms with E-state index in [1.54, 1.807) is 12.5 Å². The van der Waals surface area contributed by atoms with Crippen molar-refractivity contribution < 1.29 is 4.79 Å². The molecule has 0 fully saturated rings. The van der Waals surface area contributed by atoms with Crippen molar-refractivity contribution in [2.24, 2.45) is 0 Å². The van der Waals surface area contributed by atoms with Gasteiger partial charge in [-0.25, -0.2) is 4.98 Å². The summed E-state index contributed by atoms with van der Waals surface area (Å²) < 4.78 is -0.0423. The van der Waals surface area contributed by atoms with Gasteiger partial charge >= 0.3 is 0 Å². The smallest absolute Gasteiger partial charge is 0.206 e. The molecule has 0 aliphatic carbocycles. The Balaban J connectivity index is 2.69. The van der Waals surface area contributed by atoms with Gasteiger partial charge in [-0.05, 0) is 14.1 Å². The fourth-order valence-corrected chi connectivity index (χ4v) is 2.48. The van der Waals surface area contributed by atoms with Crippen LogP contribution in [-0.4, -0.2) is 44.9 Å². The van der Waals surface area contributed by atoms with Crippen molar-refractivity contribution >= 4 is 16.9 Å². The molecule has 1 aromatic rings. The van der Waals surface area contributed by atoms with E-state index in [1.807, 2.05) is 19.0 Å². The second-order valence-electron chi connectivity index (χ2n) is 5.29. The van der Waals surface area contributed by atoms with Gasteiger partial charge in [-0.2, -0.15) is 0 Å². The first kappa shape index (κ1) is 14.3. The summed E-state index contributed by atoms with van der Waals surface area (Å²) in [6.45, 7) is 6.16. The van der Waals surface area contributed by atoms with Gasteiger partial charge in [0.25, 0.3) is 0 Å².